The van der Waals surface area contributed by atoms with Crippen LogP contribution in [0.5, 0.6) is 11.5 Å². The van der Waals surface area contributed by atoms with Crippen molar-refractivity contribution in [1.29, 1.82) is 0 Å². The van der Waals surface area contributed by atoms with Crippen LogP contribution >= 0.6 is 15.9 Å². The van der Waals surface area contributed by atoms with Gasteiger partial charge in [-0.1, -0.05) is 0 Å². The number of hydrogen-bond acceptors (Lipinski definition) is 4. The van der Waals surface area contributed by atoms with Crippen molar-refractivity contribution in [2.24, 2.45) is 7.05 Å². The van der Waals surface area contributed by atoms with Gasteiger partial charge in [0.25, 0.3) is 0 Å². The summed E-state index contributed by atoms with van der Waals surface area (Å²) in [5.41, 5.74) is 2.57. The molecule has 0 atom stereocenters. The van der Waals surface area contributed by atoms with E-state index in [4.69, 9.17) is 14.6 Å². The summed E-state index contributed by atoms with van der Waals surface area (Å²) in [5, 5.41) is 13.1. The topological polar surface area (TPSA) is 73.6 Å². The van der Waals surface area contributed by atoms with Gasteiger partial charge < -0.3 is 14.6 Å². The highest BCUT2D eigenvalue weighted by Gasteiger charge is 2.25. The lowest BCUT2D eigenvalue weighted by molar-refractivity contribution is 0.0689. The quantitative estimate of drug-likeness (QED) is 0.918. The van der Waals surface area contributed by atoms with Gasteiger partial charge in [0.1, 0.15) is 0 Å². The van der Waals surface area contributed by atoms with Crippen LogP contribution in [0.3, 0.4) is 0 Å². The third-order valence-electron chi connectivity index (χ3n) is 3.47. The molecule has 1 N–H and O–H groups in total. The third-order valence-corrected chi connectivity index (χ3v) is 4.37. The monoisotopic (exact) mass is 352 g/mol. The summed E-state index contributed by atoms with van der Waals surface area (Å²) in [6, 6.07) is 3.38. The van der Waals surface area contributed by atoms with Crippen LogP contribution in [0, 0.1) is 0 Å². The Hall–Kier alpha value is -2.02. The van der Waals surface area contributed by atoms with Gasteiger partial charge in [-0.05, 0) is 28.1 Å². The van der Waals surface area contributed by atoms with Crippen LogP contribution in [-0.4, -0.2) is 34.6 Å². The van der Waals surface area contributed by atoms with Gasteiger partial charge in [-0.2, -0.15) is 5.10 Å². The van der Waals surface area contributed by atoms with E-state index < -0.39 is 5.97 Å². The number of ether oxygens (including phenoxy) is 2. The van der Waals surface area contributed by atoms with E-state index in [0.29, 0.717) is 18.1 Å². The molecule has 0 fully saturated rings. The van der Waals surface area contributed by atoms with E-state index in [9.17, 15) is 4.79 Å². The molecule has 0 unspecified atom stereocenters. The number of aromatic nitrogens is 2. The Morgan fingerprint density at radius 2 is 2.29 bits per heavy atom. The van der Waals surface area contributed by atoms with Crippen LogP contribution in [0.1, 0.15) is 16.1 Å². The molecule has 1 aliphatic heterocycles. The highest BCUT2D eigenvalue weighted by molar-refractivity contribution is 9.10. The third kappa shape index (κ3) is 2.17. The van der Waals surface area contributed by atoms with Crippen LogP contribution in [-0.2, 0) is 13.5 Å². The number of nitrogens with zero attached hydrogens (tertiary/aromatic N) is 2. The molecule has 2 heterocycles. The van der Waals surface area contributed by atoms with Gasteiger partial charge >= 0.3 is 5.97 Å². The summed E-state index contributed by atoms with van der Waals surface area (Å²) < 4.78 is 13.4. The van der Waals surface area contributed by atoms with E-state index in [1.165, 1.54) is 0 Å². The fraction of sp³-hybridized carbons (Fsp3) is 0.286. The van der Waals surface area contributed by atoms with Crippen molar-refractivity contribution in [3.05, 3.63) is 27.9 Å². The number of fused-ring (bicyclic) bond motifs is 1. The summed E-state index contributed by atoms with van der Waals surface area (Å²) in [5.74, 6) is 0.331. The van der Waals surface area contributed by atoms with Crippen molar-refractivity contribution in [3.63, 3.8) is 0 Å². The molecule has 2 aromatic rings. The highest BCUT2D eigenvalue weighted by atomic mass is 79.9. The summed E-state index contributed by atoms with van der Waals surface area (Å²) >= 11 is 3.59. The Labute approximate surface area is 129 Å². The first-order valence-corrected chi connectivity index (χ1v) is 7.12. The number of hydrogen-bond donors (Lipinski definition) is 1. The molecule has 6 nitrogen and oxygen atoms in total. The number of carbonyl (C=O) groups is 1. The second kappa shape index (κ2) is 5.07. The minimum atomic E-state index is -1.05. The van der Waals surface area contributed by atoms with Crippen molar-refractivity contribution in [1.82, 2.24) is 9.78 Å². The lowest BCUT2D eigenvalue weighted by Gasteiger charge is -2.13. The van der Waals surface area contributed by atoms with Crippen LogP contribution in [0.2, 0.25) is 0 Å². The lowest BCUT2D eigenvalue weighted by atomic mass is 10.0. The maximum absolute atomic E-state index is 11.1. The van der Waals surface area contributed by atoms with E-state index in [0.717, 1.165) is 27.8 Å². The molecule has 0 amide bonds. The molecule has 0 saturated carbocycles. The molecule has 1 aliphatic rings. The number of carboxylic acid groups (broad SMARTS) is 1. The van der Waals surface area contributed by atoms with Crippen molar-refractivity contribution in [2.75, 3.05) is 13.7 Å². The number of aryl methyl sites for hydroxylation is 1. The summed E-state index contributed by atoms with van der Waals surface area (Å²) in [6.07, 6.45) is 0.782. The van der Waals surface area contributed by atoms with E-state index in [1.807, 2.05) is 6.07 Å². The minimum Gasteiger partial charge on any atom is -0.493 e. The molecular weight excluding hydrogens is 340 g/mol. The Morgan fingerprint density at radius 1 is 1.52 bits per heavy atom. The zero-order chi connectivity index (χ0) is 15.1. The van der Waals surface area contributed by atoms with Gasteiger partial charge in [0, 0.05) is 29.1 Å². The van der Waals surface area contributed by atoms with Crippen LogP contribution in [0.15, 0.2) is 16.6 Å². The maximum atomic E-state index is 11.1. The van der Waals surface area contributed by atoms with Gasteiger partial charge in [-0.25, -0.2) is 4.79 Å². The second-order valence-electron chi connectivity index (χ2n) is 4.69. The molecule has 0 aliphatic carbocycles. The van der Waals surface area contributed by atoms with Gasteiger partial charge in [0.15, 0.2) is 17.2 Å². The molecule has 0 radical (unpaired) electrons. The summed E-state index contributed by atoms with van der Waals surface area (Å²) in [7, 11) is 3.30. The first-order chi connectivity index (χ1) is 10.0. The standard InChI is InChI=1S/C14H13BrN2O4/c1-17-10(6-9(16-17)14(18)19)8-5-11(20-2)13-7(12(8)15)3-4-21-13/h5-6H,3-4H2,1-2H3,(H,18,19). The van der Waals surface area contributed by atoms with Crippen LogP contribution in [0.25, 0.3) is 11.3 Å². The second-order valence-corrected chi connectivity index (χ2v) is 5.48. The molecular formula is C14H13BrN2O4. The van der Waals surface area contributed by atoms with Crippen molar-refractivity contribution < 1.29 is 19.4 Å². The first kappa shape index (κ1) is 13.9. The fourth-order valence-corrected chi connectivity index (χ4v) is 3.17. The zero-order valence-electron chi connectivity index (χ0n) is 11.5. The molecule has 1 aromatic carbocycles. The van der Waals surface area contributed by atoms with Gasteiger partial charge in [-0.15, -0.1) is 0 Å². The normalized spacial score (nSPS) is 12.9. The minimum absolute atomic E-state index is 0.00937. The van der Waals surface area contributed by atoms with Crippen molar-refractivity contribution in [3.8, 4) is 22.8 Å². The predicted molar refractivity (Wildman–Crippen MR) is 79.1 cm³/mol. The smallest absolute Gasteiger partial charge is 0.356 e. The van der Waals surface area contributed by atoms with E-state index in [1.54, 1.807) is 24.9 Å². The van der Waals surface area contributed by atoms with Crippen molar-refractivity contribution >= 4 is 21.9 Å². The number of halogens is 1. The number of aromatic carboxylic acids is 1. The molecule has 110 valence electrons. The summed E-state index contributed by atoms with van der Waals surface area (Å²) in [6.45, 7) is 0.611. The predicted octanol–water partition coefficient (Wildman–Crippen LogP) is 2.49. The Bertz CT molecular complexity index is 739. The van der Waals surface area contributed by atoms with Gasteiger partial charge in [0.05, 0.1) is 19.4 Å². The van der Waals surface area contributed by atoms with E-state index >= 15 is 0 Å². The number of methoxy groups -OCH3 is 1. The fourth-order valence-electron chi connectivity index (χ4n) is 2.47. The van der Waals surface area contributed by atoms with Crippen LogP contribution in [0.4, 0.5) is 0 Å². The average Bonchev–Trinajstić information content (AvgIpc) is 3.07. The molecule has 3 rings (SSSR count). The molecule has 0 bridgehead atoms. The maximum Gasteiger partial charge on any atom is 0.356 e. The average molecular weight is 353 g/mol. The zero-order valence-corrected chi connectivity index (χ0v) is 13.1. The molecule has 21 heavy (non-hydrogen) atoms. The molecule has 7 heteroatoms. The van der Waals surface area contributed by atoms with Crippen LogP contribution < -0.4 is 9.47 Å². The number of benzene rings is 1. The lowest BCUT2D eigenvalue weighted by Crippen LogP contribution is -1.99. The Kier molecular flexibility index (Phi) is 3.36. The van der Waals surface area contributed by atoms with E-state index in [-0.39, 0.29) is 5.69 Å². The number of carboxylic acids is 1. The largest absolute Gasteiger partial charge is 0.493 e. The SMILES string of the molecule is COc1cc(-c2cc(C(=O)O)nn2C)c(Br)c2c1OCC2. The Balaban J connectivity index is 2.21. The Morgan fingerprint density at radius 3 is 2.90 bits per heavy atom. The highest BCUT2D eigenvalue weighted by Crippen LogP contribution is 2.45. The van der Waals surface area contributed by atoms with E-state index in [2.05, 4.69) is 21.0 Å². The van der Waals surface area contributed by atoms with Gasteiger partial charge in [-0.3, -0.25) is 4.68 Å². The molecule has 0 spiro atoms. The van der Waals surface area contributed by atoms with Gasteiger partial charge in [0.2, 0.25) is 0 Å². The first-order valence-electron chi connectivity index (χ1n) is 6.32. The molecule has 0 saturated heterocycles. The molecule has 1 aromatic heterocycles. The number of rotatable bonds is 3. The summed E-state index contributed by atoms with van der Waals surface area (Å²) in [4.78, 5) is 11.1. The van der Waals surface area contributed by atoms with Crippen molar-refractivity contribution in [2.45, 2.75) is 6.42 Å².